The van der Waals surface area contributed by atoms with Crippen molar-refractivity contribution < 1.29 is 4.79 Å². The first-order chi connectivity index (χ1) is 10.1. The number of nitrogens with one attached hydrogen (secondary N) is 2. The third kappa shape index (κ3) is 2.43. The Labute approximate surface area is 124 Å². The maximum absolute atomic E-state index is 12.2. The van der Waals surface area contributed by atoms with Crippen LogP contribution in [0.25, 0.3) is 11.0 Å². The van der Waals surface area contributed by atoms with Gasteiger partial charge in [-0.1, -0.05) is 11.6 Å². The van der Waals surface area contributed by atoms with E-state index in [1.807, 2.05) is 13.8 Å². The SMILES string of the molecule is Cc1[nH]c2ncnc(NC(=O)c3cnc(Cl)cn3)c2c1C. The molecule has 0 saturated carbocycles. The van der Waals surface area contributed by atoms with Gasteiger partial charge in [-0.15, -0.1) is 0 Å². The molecule has 0 aliphatic carbocycles. The highest BCUT2D eigenvalue weighted by atomic mass is 35.5. The van der Waals surface area contributed by atoms with Crippen molar-refractivity contribution in [2.45, 2.75) is 13.8 Å². The van der Waals surface area contributed by atoms with Crippen LogP contribution in [0.15, 0.2) is 18.7 Å². The minimum atomic E-state index is -0.405. The van der Waals surface area contributed by atoms with Crippen molar-refractivity contribution in [3.8, 4) is 0 Å². The van der Waals surface area contributed by atoms with E-state index >= 15 is 0 Å². The molecule has 7 nitrogen and oxygen atoms in total. The summed E-state index contributed by atoms with van der Waals surface area (Å²) in [5.74, 6) is 0.0287. The zero-order valence-electron chi connectivity index (χ0n) is 11.3. The number of aryl methyl sites for hydroxylation is 2. The maximum Gasteiger partial charge on any atom is 0.277 e. The van der Waals surface area contributed by atoms with Crippen molar-refractivity contribution in [2.24, 2.45) is 0 Å². The molecule has 0 aromatic carbocycles. The van der Waals surface area contributed by atoms with E-state index < -0.39 is 5.91 Å². The summed E-state index contributed by atoms with van der Waals surface area (Å²) in [6.45, 7) is 3.88. The zero-order valence-corrected chi connectivity index (χ0v) is 12.1. The van der Waals surface area contributed by atoms with Crippen LogP contribution >= 0.6 is 11.6 Å². The number of nitrogens with zero attached hydrogens (tertiary/aromatic N) is 4. The van der Waals surface area contributed by atoms with Crippen LogP contribution in [0.5, 0.6) is 0 Å². The molecule has 0 fully saturated rings. The average Bonchev–Trinajstić information content (AvgIpc) is 2.76. The van der Waals surface area contributed by atoms with E-state index in [9.17, 15) is 4.79 Å². The van der Waals surface area contributed by atoms with Gasteiger partial charge in [0.05, 0.1) is 17.8 Å². The van der Waals surface area contributed by atoms with Crippen molar-refractivity contribution in [3.05, 3.63) is 40.8 Å². The lowest BCUT2D eigenvalue weighted by Gasteiger charge is -2.05. The molecule has 106 valence electrons. The number of carbonyl (C=O) groups is 1. The van der Waals surface area contributed by atoms with E-state index in [-0.39, 0.29) is 10.8 Å². The fourth-order valence-electron chi connectivity index (χ4n) is 1.99. The second-order valence-electron chi connectivity index (χ2n) is 4.50. The first-order valence-electron chi connectivity index (χ1n) is 6.15. The number of aromatic nitrogens is 5. The lowest BCUT2D eigenvalue weighted by atomic mass is 10.2. The summed E-state index contributed by atoms with van der Waals surface area (Å²) in [5, 5.41) is 3.73. The highest BCUT2D eigenvalue weighted by Crippen LogP contribution is 2.25. The van der Waals surface area contributed by atoms with Gasteiger partial charge in [-0.05, 0) is 19.4 Å². The number of rotatable bonds is 2. The van der Waals surface area contributed by atoms with Gasteiger partial charge in [0.2, 0.25) is 0 Å². The number of hydrogen-bond acceptors (Lipinski definition) is 5. The topological polar surface area (TPSA) is 96.5 Å². The molecule has 3 rings (SSSR count). The largest absolute Gasteiger partial charge is 0.343 e. The van der Waals surface area contributed by atoms with Gasteiger partial charge in [0.25, 0.3) is 5.91 Å². The molecule has 8 heteroatoms. The average molecular weight is 303 g/mol. The molecule has 0 bridgehead atoms. The second-order valence-corrected chi connectivity index (χ2v) is 4.89. The fraction of sp³-hybridized carbons (Fsp3) is 0.154. The Morgan fingerprint density at radius 2 is 2.00 bits per heavy atom. The molecular weight excluding hydrogens is 292 g/mol. The van der Waals surface area contributed by atoms with Crippen LogP contribution < -0.4 is 5.32 Å². The van der Waals surface area contributed by atoms with Crippen molar-refractivity contribution >= 4 is 34.4 Å². The van der Waals surface area contributed by atoms with E-state index in [1.165, 1.54) is 18.7 Å². The highest BCUT2D eigenvalue weighted by Gasteiger charge is 2.15. The van der Waals surface area contributed by atoms with Crippen molar-refractivity contribution in [3.63, 3.8) is 0 Å². The molecule has 3 aromatic heterocycles. The minimum Gasteiger partial charge on any atom is -0.343 e. The lowest BCUT2D eigenvalue weighted by molar-refractivity contribution is 0.102. The molecule has 0 spiro atoms. The molecule has 2 N–H and O–H groups in total. The maximum atomic E-state index is 12.2. The van der Waals surface area contributed by atoms with Crippen molar-refractivity contribution in [1.82, 2.24) is 24.9 Å². The van der Waals surface area contributed by atoms with E-state index in [0.29, 0.717) is 11.5 Å². The Morgan fingerprint density at radius 3 is 2.71 bits per heavy atom. The van der Waals surface area contributed by atoms with Crippen molar-refractivity contribution in [2.75, 3.05) is 5.32 Å². The van der Waals surface area contributed by atoms with Crippen LogP contribution in [-0.2, 0) is 0 Å². The minimum absolute atomic E-state index is 0.163. The second kappa shape index (κ2) is 5.10. The normalized spacial score (nSPS) is 10.8. The summed E-state index contributed by atoms with van der Waals surface area (Å²) in [6.07, 6.45) is 4.02. The quantitative estimate of drug-likeness (QED) is 0.757. The Hall–Kier alpha value is -2.54. The van der Waals surface area contributed by atoms with Crippen LogP contribution in [0, 0.1) is 13.8 Å². The van der Waals surface area contributed by atoms with Crippen LogP contribution in [0.1, 0.15) is 21.7 Å². The van der Waals surface area contributed by atoms with Gasteiger partial charge in [-0.25, -0.2) is 19.9 Å². The number of fused-ring (bicyclic) bond motifs is 1. The summed E-state index contributed by atoms with van der Waals surface area (Å²) in [6, 6.07) is 0. The van der Waals surface area contributed by atoms with Gasteiger partial charge in [0.15, 0.2) is 0 Å². The Balaban J connectivity index is 1.98. The number of hydrogen-bond donors (Lipinski definition) is 2. The fourth-order valence-corrected chi connectivity index (χ4v) is 2.09. The molecular formula is C13H11ClN6O. The molecule has 3 heterocycles. The monoisotopic (exact) mass is 302 g/mol. The smallest absolute Gasteiger partial charge is 0.277 e. The molecule has 21 heavy (non-hydrogen) atoms. The van der Waals surface area contributed by atoms with Gasteiger partial charge < -0.3 is 10.3 Å². The van der Waals surface area contributed by atoms with E-state index in [2.05, 4.69) is 30.2 Å². The number of H-pyrrole nitrogens is 1. The number of amides is 1. The van der Waals surface area contributed by atoms with Crippen LogP contribution in [0.2, 0.25) is 5.15 Å². The van der Waals surface area contributed by atoms with Gasteiger partial charge in [0, 0.05) is 5.69 Å². The molecule has 3 aromatic rings. The Bertz CT molecular complexity index is 827. The lowest BCUT2D eigenvalue weighted by Crippen LogP contribution is -2.15. The van der Waals surface area contributed by atoms with E-state index in [1.54, 1.807) is 0 Å². The predicted molar refractivity (Wildman–Crippen MR) is 78.4 cm³/mol. The molecule has 1 amide bonds. The third-order valence-electron chi connectivity index (χ3n) is 3.18. The molecule has 0 aliphatic heterocycles. The van der Waals surface area contributed by atoms with Crippen LogP contribution in [0.3, 0.4) is 0 Å². The molecule has 0 atom stereocenters. The standard InChI is InChI=1S/C13H11ClN6O/c1-6-7(2)19-11-10(6)12(18-5-17-11)20-13(21)8-3-16-9(14)4-15-8/h3-5H,1-2H3,(H2,17,18,19,20,21). The summed E-state index contributed by atoms with van der Waals surface area (Å²) in [5.41, 5.74) is 2.81. The Morgan fingerprint density at radius 1 is 1.19 bits per heavy atom. The summed E-state index contributed by atoms with van der Waals surface area (Å²) in [4.78, 5) is 31.3. The van der Waals surface area contributed by atoms with E-state index in [0.717, 1.165) is 16.6 Å². The highest BCUT2D eigenvalue weighted by molar-refractivity contribution is 6.29. The first-order valence-corrected chi connectivity index (χ1v) is 6.53. The Kier molecular flexibility index (Phi) is 3.26. The molecule has 0 aliphatic rings. The first kappa shape index (κ1) is 13.4. The van der Waals surface area contributed by atoms with Gasteiger partial charge in [-0.2, -0.15) is 0 Å². The third-order valence-corrected chi connectivity index (χ3v) is 3.37. The van der Waals surface area contributed by atoms with Crippen LogP contribution in [-0.4, -0.2) is 30.8 Å². The molecule has 0 radical (unpaired) electrons. The zero-order chi connectivity index (χ0) is 15.0. The predicted octanol–water partition coefficient (Wildman–Crippen LogP) is 2.27. The number of aromatic amines is 1. The van der Waals surface area contributed by atoms with Gasteiger partial charge >= 0.3 is 0 Å². The molecule has 0 unspecified atom stereocenters. The van der Waals surface area contributed by atoms with Gasteiger partial charge in [-0.3, -0.25) is 4.79 Å². The van der Waals surface area contributed by atoms with E-state index in [4.69, 9.17) is 11.6 Å². The number of carbonyl (C=O) groups excluding carboxylic acids is 1. The molecule has 0 saturated heterocycles. The summed E-state index contributed by atoms with van der Waals surface area (Å²) in [7, 11) is 0. The van der Waals surface area contributed by atoms with Crippen molar-refractivity contribution in [1.29, 1.82) is 0 Å². The van der Waals surface area contributed by atoms with Crippen LogP contribution in [0.4, 0.5) is 5.82 Å². The summed E-state index contributed by atoms with van der Waals surface area (Å²) >= 11 is 5.65. The summed E-state index contributed by atoms with van der Waals surface area (Å²) < 4.78 is 0. The number of anilines is 1. The number of halogens is 1. The van der Waals surface area contributed by atoms with Gasteiger partial charge in [0.1, 0.15) is 28.6 Å².